The third-order valence-electron chi connectivity index (χ3n) is 3.99. The fourth-order valence-electron chi connectivity index (χ4n) is 2.54. The number of rotatable bonds is 6. The zero-order valence-corrected chi connectivity index (χ0v) is 15.8. The molecule has 0 bridgehead atoms. The summed E-state index contributed by atoms with van der Waals surface area (Å²) in [6.07, 6.45) is 1.52. The first-order chi connectivity index (χ1) is 12.8. The number of nitrogens with two attached hydrogens (primary N) is 1. The molecule has 0 saturated carbocycles. The van der Waals surface area contributed by atoms with E-state index in [4.69, 9.17) is 5.73 Å². The highest BCUT2D eigenvalue weighted by Gasteiger charge is 2.24. The lowest BCUT2D eigenvalue weighted by atomic mass is 10.2. The van der Waals surface area contributed by atoms with Gasteiger partial charge in [-0.25, -0.2) is 8.42 Å². The van der Waals surface area contributed by atoms with Gasteiger partial charge in [0.15, 0.2) is 0 Å². The van der Waals surface area contributed by atoms with Crippen LogP contribution in [0, 0.1) is 0 Å². The maximum atomic E-state index is 13.0. The van der Waals surface area contributed by atoms with Crippen molar-refractivity contribution in [2.45, 2.75) is 24.8 Å². The Balaban J connectivity index is 2.02. The molecule has 3 aromatic rings. The minimum absolute atomic E-state index is 0.00580. The van der Waals surface area contributed by atoms with Crippen molar-refractivity contribution >= 4 is 21.6 Å². The van der Waals surface area contributed by atoms with Crippen LogP contribution >= 0.6 is 0 Å². The van der Waals surface area contributed by atoms with Crippen LogP contribution in [0.25, 0.3) is 11.3 Å². The number of carbonyl (C=O) groups is 1. The van der Waals surface area contributed by atoms with Crippen molar-refractivity contribution in [1.29, 1.82) is 0 Å². The van der Waals surface area contributed by atoms with Crippen LogP contribution in [0.3, 0.4) is 0 Å². The number of aromatic nitrogens is 2. The topological polar surface area (TPSA) is 107 Å². The number of benzene rings is 2. The van der Waals surface area contributed by atoms with E-state index in [2.05, 4.69) is 9.82 Å². The molecule has 3 rings (SSSR count). The van der Waals surface area contributed by atoms with Crippen LogP contribution in [-0.4, -0.2) is 24.1 Å². The summed E-state index contributed by atoms with van der Waals surface area (Å²) in [7, 11) is -3.89. The average molecular weight is 384 g/mol. The number of amides is 1. The van der Waals surface area contributed by atoms with Gasteiger partial charge in [0.05, 0.1) is 0 Å². The van der Waals surface area contributed by atoms with Crippen LogP contribution in [0.2, 0.25) is 0 Å². The Morgan fingerprint density at radius 2 is 1.70 bits per heavy atom. The first kappa shape index (κ1) is 18.7. The number of nitrogens with one attached hydrogen (secondary N) is 1. The highest BCUT2D eigenvalue weighted by molar-refractivity contribution is 7.92. The van der Waals surface area contributed by atoms with Gasteiger partial charge in [0.25, 0.3) is 10.0 Å². The Morgan fingerprint density at radius 3 is 2.26 bits per heavy atom. The second-order valence-electron chi connectivity index (χ2n) is 6.33. The van der Waals surface area contributed by atoms with Crippen LogP contribution < -0.4 is 10.5 Å². The molecule has 7 nitrogen and oxygen atoms in total. The van der Waals surface area contributed by atoms with E-state index in [9.17, 15) is 13.2 Å². The zero-order valence-electron chi connectivity index (χ0n) is 15.0. The minimum atomic E-state index is -3.89. The number of primary amides is 1. The number of carbonyl (C=O) groups excluding carboxylic acids is 1. The van der Waals surface area contributed by atoms with E-state index in [1.54, 1.807) is 4.68 Å². The van der Waals surface area contributed by atoms with Gasteiger partial charge in [0.1, 0.15) is 10.6 Å². The molecule has 140 valence electrons. The van der Waals surface area contributed by atoms with Crippen molar-refractivity contribution in [3.63, 3.8) is 0 Å². The number of sulfonamides is 1. The summed E-state index contributed by atoms with van der Waals surface area (Å²) in [5.41, 5.74) is 6.93. The molecule has 0 aliphatic heterocycles. The Bertz CT molecular complexity index is 1060. The highest BCUT2D eigenvalue weighted by atomic mass is 32.2. The van der Waals surface area contributed by atoms with Crippen LogP contribution in [0.5, 0.6) is 0 Å². The molecule has 0 unspecified atom stereocenters. The molecule has 1 heterocycles. The molecule has 1 amide bonds. The van der Waals surface area contributed by atoms with E-state index in [0.717, 1.165) is 0 Å². The summed E-state index contributed by atoms with van der Waals surface area (Å²) in [5, 5.41) is 4.46. The van der Waals surface area contributed by atoms with E-state index < -0.39 is 15.9 Å². The summed E-state index contributed by atoms with van der Waals surface area (Å²) < 4.78 is 30.1. The molecule has 0 saturated heterocycles. The van der Waals surface area contributed by atoms with Gasteiger partial charge in [0.2, 0.25) is 5.91 Å². The first-order valence-corrected chi connectivity index (χ1v) is 9.83. The Morgan fingerprint density at radius 1 is 1.07 bits per heavy atom. The van der Waals surface area contributed by atoms with E-state index in [-0.39, 0.29) is 10.9 Å². The van der Waals surface area contributed by atoms with E-state index in [1.165, 1.54) is 30.5 Å². The lowest BCUT2D eigenvalue weighted by Gasteiger charge is -2.08. The molecule has 0 aliphatic rings. The van der Waals surface area contributed by atoms with Gasteiger partial charge < -0.3 is 5.73 Å². The third kappa shape index (κ3) is 4.01. The van der Waals surface area contributed by atoms with Gasteiger partial charge in [-0.3, -0.25) is 14.2 Å². The van der Waals surface area contributed by atoms with Crippen molar-refractivity contribution in [1.82, 2.24) is 9.78 Å². The molecule has 0 fully saturated rings. The summed E-state index contributed by atoms with van der Waals surface area (Å²) in [6.45, 7) is 3.85. The maximum Gasteiger partial charge on any atom is 0.265 e. The first-order valence-electron chi connectivity index (χ1n) is 8.35. The van der Waals surface area contributed by atoms with Crippen LogP contribution in [-0.2, 0) is 10.0 Å². The molecule has 0 radical (unpaired) electrons. The fraction of sp³-hybridized carbons (Fsp3) is 0.158. The van der Waals surface area contributed by atoms with E-state index >= 15 is 0 Å². The molecule has 8 heteroatoms. The van der Waals surface area contributed by atoms with Crippen molar-refractivity contribution in [3.05, 3.63) is 66.4 Å². The predicted molar refractivity (Wildman–Crippen MR) is 104 cm³/mol. The third-order valence-corrected chi connectivity index (χ3v) is 5.37. The molecule has 0 aliphatic carbocycles. The molecule has 2 aromatic carbocycles. The number of anilines is 1. The Labute approximate surface area is 157 Å². The lowest BCUT2D eigenvalue weighted by Crippen LogP contribution is -2.14. The minimum Gasteiger partial charge on any atom is -0.366 e. The fourth-order valence-corrected chi connectivity index (χ4v) is 3.76. The van der Waals surface area contributed by atoms with Crippen LogP contribution in [0.4, 0.5) is 5.69 Å². The second kappa shape index (κ2) is 7.24. The summed E-state index contributed by atoms with van der Waals surface area (Å²) in [6, 6.07) is 15.1. The van der Waals surface area contributed by atoms with Crippen LogP contribution in [0.15, 0.2) is 65.7 Å². The van der Waals surface area contributed by atoms with Gasteiger partial charge in [-0.05, 0) is 38.1 Å². The summed E-state index contributed by atoms with van der Waals surface area (Å²) >= 11 is 0. The Kier molecular flexibility index (Phi) is 5.00. The summed E-state index contributed by atoms with van der Waals surface area (Å²) in [5.74, 6) is -0.575. The molecular weight excluding hydrogens is 364 g/mol. The maximum absolute atomic E-state index is 13.0. The normalized spacial score (nSPS) is 11.5. The summed E-state index contributed by atoms with van der Waals surface area (Å²) in [4.78, 5) is 11.2. The molecule has 0 spiro atoms. The molecular formula is C19H20N4O3S. The number of hydrogen-bond acceptors (Lipinski definition) is 4. The van der Waals surface area contributed by atoms with Crippen molar-refractivity contribution in [2.75, 3.05) is 4.72 Å². The lowest BCUT2D eigenvalue weighted by molar-refractivity contribution is 0.100. The van der Waals surface area contributed by atoms with Crippen molar-refractivity contribution in [2.24, 2.45) is 5.73 Å². The Hall–Kier alpha value is -3.13. The smallest absolute Gasteiger partial charge is 0.265 e. The number of nitrogens with zero attached hydrogens (tertiary/aromatic N) is 2. The predicted octanol–water partition coefficient (Wildman–Crippen LogP) is 3.03. The van der Waals surface area contributed by atoms with Crippen molar-refractivity contribution in [3.8, 4) is 11.3 Å². The average Bonchev–Trinajstić information content (AvgIpc) is 3.09. The van der Waals surface area contributed by atoms with Crippen LogP contribution in [0.1, 0.15) is 30.2 Å². The number of hydrogen-bond donors (Lipinski definition) is 2. The van der Waals surface area contributed by atoms with E-state index in [1.807, 2.05) is 44.2 Å². The van der Waals surface area contributed by atoms with Gasteiger partial charge in [-0.15, -0.1) is 0 Å². The molecule has 27 heavy (non-hydrogen) atoms. The zero-order chi connectivity index (χ0) is 19.6. The molecule has 0 atom stereocenters. The second-order valence-corrected chi connectivity index (χ2v) is 7.98. The standard InChI is InChI=1S/C19H20N4O3S/c1-13(2)23-12-17(18(21-23)14-6-4-3-5-7-14)27(25,26)22-16-10-8-15(9-11-16)19(20)24/h3-13,22H,1-2H3,(H2,20,24). The van der Waals surface area contributed by atoms with Gasteiger partial charge in [0, 0.05) is 29.1 Å². The highest BCUT2D eigenvalue weighted by Crippen LogP contribution is 2.28. The SMILES string of the molecule is CC(C)n1cc(S(=O)(=O)Nc2ccc(C(N)=O)cc2)c(-c2ccccc2)n1. The largest absolute Gasteiger partial charge is 0.366 e. The van der Waals surface area contributed by atoms with Gasteiger partial charge >= 0.3 is 0 Å². The quantitative estimate of drug-likeness (QED) is 0.681. The van der Waals surface area contributed by atoms with E-state index in [0.29, 0.717) is 22.5 Å². The molecule has 1 aromatic heterocycles. The monoisotopic (exact) mass is 384 g/mol. The molecule has 3 N–H and O–H groups in total. The van der Waals surface area contributed by atoms with Crippen molar-refractivity contribution < 1.29 is 13.2 Å². The van der Waals surface area contributed by atoms with Gasteiger partial charge in [-0.2, -0.15) is 5.10 Å². The van der Waals surface area contributed by atoms with Gasteiger partial charge in [-0.1, -0.05) is 30.3 Å².